The van der Waals surface area contributed by atoms with E-state index in [-0.39, 0.29) is 0 Å². The van der Waals surface area contributed by atoms with Gasteiger partial charge in [-0.2, -0.15) is 0 Å². The molecule has 4 nitrogen and oxygen atoms in total. The van der Waals surface area contributed by atoms with Crippen LogP contribution in [0.2, 0.25) is 0 Å². The highest BCUT2D eigenvalue weighted by Crippen LogP contribution is 2.18. The van der Waals surface area contributed by atoms with Gasteiger partial charge in [0.1, 0.15) is 5.69 Å². The summed E-state index contributed by atoms with van der Waals surface area (Å²) in [7, 11) is 0. The summed E-state index contributed by atoms with van der Waals surface area (Å²) in [6, 6.07) is 0. The van der Waals surface area contributed by atoms with Crippen molar-refractivity contribution in [3.8, 4) is 0 Å². The van der Waals surface area contributed by atoms with Gasteiger partial charge >= 0.3 is 0 Å². The Bertz CT molecular complexity index is 279. The van der Waals surface area contributed by atoms with Crippen molar-refractivity contribution in [2.45, 2.75) is 13.0 Å². The molecule has 0 fully saturated rings. The molecule has 0 saturated heterocycles. The van der Waals surface area contributed by atoms with Crippen LogP contribution in [0.3, 0.4) is 0 Å². The molecule has 4 heteroatoms. The van der Waals surface area contributed by atoms with Crippen molar-refractivity contribution in [2.75, 3.05) is 6.61 Å². The van der Waals surface area contributed by atoms with Crippen molar-refractivity contribution in [2.24, 2.45) is 0 Å². The Hall–Kier alpha value is -1.16. The zero-order chi connectivity index (χ0) is 7.68. The second-order valence-corrected chi connectivity index (χ2v) is 2.39. The van der Waals surface area contributed by atoms with E-state index in [1.807, 2.05) is 0 Å². The number of aromatic nitrogens is 1. The SMILES string of the molecule is O=Cc1onc2c1CCOC2. The molecule has 2 rings (SSSR count). The molecular weight excluding hydrogens is 146 g/mol. The molecule has 0 unspecified atom stereocenters. The summed E-state index contributed by atoms with van der Waals surface area (Å²) in [5, 5.41) is 3.70. The van der Waals surface area contributed by atoms with Crippen molar-refractivity contribution < 1.29 is 14.1 Å². The highest BCUT2D eigenvalue weighted by molar-refractivity contribution is 5.73. The Balaban J connectivity index is 2.45. The molecule has 11 heavy (non-hydrogen) atoms. The first-order valence-corrected chi connectivity index (χ1v) is 3.42. The van der Waals surface area contributed by atoms with Crippen LogP contribution in [0.4, 0.5) is 0 Å². The zero-order valence-electron chi connectivity index (χ0n) is 5.87. The molecule has 1 aliphatic rings. The maximum Gasteiger partial charge on any atom is 0.202 e. The van der Waals surface area contributed by atoms with Crippen LogP contribution in [0.5, 0.6) is 0 Å². The molecule has 0 spiro atoms. The van der Waals surface area contributed by atoms with Crippen molar-refractivity contribution in [1.29, 1.82) is 0 Å². The summed E-state index contributed by atoms with van der Waals surface area (Å²) in [5.74, 6) is 0.350. The first kappa shape index (κ1) is 6.54. The molecule has 0 radical (unpaired) electrons. The standard InChI is InChI=1S/C7H7NO3/c9-3-7-5-1-2-10-4-6(5)8-11-7/h3H,1-2,4H2. The zero-order valence-corrected chi connectivity index (χ0v) is 5.87. The highest BCUT2D eigenvalue weighted by Gasteiger charge is 2.18. The minimum atomic E-state index is 0.350. The molecule has 1 aliphatic heterocycles. The number of nitrogens with zero attached hydrogens (tertiary/aromatic N) is 1. The Kier molecular flexibility index (Phi) is 1.47. The number of carbonyl (C=O) groups excluding carboxylic acids is 1. The van der Waals surface area contributed by atoms with Crippen LogP contribution in [0.1, 0.15) is 21.8 Å². The van der Waals surface area contributed by atoms with E-state index >= 15 is 0 Å². The van der Waals surface area contributed by atoms with Crippen LogP contribution in [0.25, 0.3) is 0 Å². The number of ether oxygens (including phenoxy) is 1. The summed E-state index contributed by atoms with van der Waals surface area (Å²) in [6.45, 7) is 1.11. The van der Waals surface area contributed by atoms with Gasteiger partial charge in [0.15, 0.2) is 6.29 Å². The topological polar surface area (TPSA) is 52.3 Å². The molecule has 0 aromatic carbocycles. The quantitative estimate of drug-likeness (QED) is 0.553. The second-order valence-electron chi connectivity index (χ2n) is 2.39. The Morgan fingerprint density at radius 1 is 1.55 bits per heavy atom. The third-order valence-electron chi connectivity index (χ3n) is 1.74. The minimum Gasteiger partial charge on any atom is -0.375 e. The van der Waals surface area contributed by atoms with E-state index in [0.29, 0.717) is 25.3 Å². The van der Waals surface area contributed by atoms with Crippen molar-refractivity contribution >= 4 is 6.29 Å². The van der Waals surface area contributed by atoms with E-state index in [1.165, 1.54) is 0 Å². The van der Waals surface area contributed by atoms with Crippen molar-refractivity contribution in [1.82, 2.24) is 5.16 Å². The summed E-state index contributed by atoms with van der Waals surface area (Å²) in [4.78, 5) is 10.4. The largest absolute Gasteiger partial charge is 0.375 e. The predicted octanol–water partition coefficient (Wildman–Crippen LogP) is 0.560. The van der Waals surface area contributed by atoms with Gasteiger partial charge in [-0.25, -0.2) is 0 Å². The first-order chi connectivity index (χ1) is 5.42. The molecule has 0 atom stereocenters. The third-order valence-corrected chi connectivity index (χ3v) is 1.74. The Morgan fingerprint density at radius 2 is 2.45 bits per heavy atom. The lowest BCUT2D eigenvalue weighted by molar-refractivity contribution is 0.106. The molecule has 0 aliphatic carbocycles. The summed E-state index contributed by atoms with van der Waals surface area (Å²) in [5.41, 5.74) is 1.67. The number of hydrogen-bond acceptors (Lipinski definition) is 4. The highest BCUT2D eigenvalue weighted by atomic mass is 16.5. The maximum atomic E-state index is 10.4. The maximum absolute atomic E-state index is 10.4. The molecule has 0 N–H and O–H groups in total. The van der Waals surface area contributed by atoms with Crippen molar-refractivity contribution in [3.05, 3.63) is 17.0 Å². The van der Waals surface area contributed by atoms with Gasteiger partial charge in [0.25, 0.3) is 0 Å². The molecule has 1 aromatic rings. The van der Waals surface area contributed by atoms with Crippen molar-refractivity contribution in [3.63, 3.8) is 0 Å². The van der Waals surface area contributed by atoms with Gasteiger partial charge in [0, 0.05) is 12.0 Å². The lowest BCUT2D eigenvalue weighted by Crippen LogP contribution is -2.09. The van der Waals surface area contributed by atoms with Crippen LogP contribution < -0.4 is 0 Å². The number of hydrogen-bond donors (Lipinski definition) is 0. The van der Waals surface area contributed by atoms with Crippen LogP contribution >= 0.6 is 0 Å². The normalized spacial score (nSPS) is 16.0. The molecule has 0 bridgehead atoms. The fourth-order valence-electron chi connectivity index (χ4n) is 1.17. The van der Waals surface area contributed by atoms with Crippen LogP contribution in [-0.4, -0.2) is 18.0 Å². The van der Waals surface area contributed by atoms with Crippen LogP contribution in [0.15, 0.2) is 4.52 Å². The molecule has 1 aromatic heterocycles. The average Bonchev–Trinajstić information content (AvgIpc) is 2.47. The minimum absolute atomic E-state index is 0.350. The van der Waals surface area contributed by atoms with Gasteiger partial charge in [-0.3, -0.25) is 4.79 Å². The smallest absolute Gasteiger partial charge is 0.202 e. The lowest BCUT2D eigenvalue weighted by Gasteiger charge is -2.08. The number of fused-ring (bicyclic) bond motifs is 1. The van der Waals surface area contributed by atoms with Crippen LogP contribution in [-0.2, 0) is 17.8 Å². The van der Waals surface area contributed by atoms with E-state index in [2.05, 4.69) is 5.16 Å². The predicted molar refractivity (Wildman–Crippen MR) is 35.3 cm³/mol. The molecule has 58 valence electrons. The van der Waals surface area contributed by atoms with E-state index in [1.54, 1.807) is 0 Å². The summed E-state index contributed by atoms with van der Waals surface area (Å²) >= 11 is 0. The van der Waals surface area contributed by atoms with Gasteiger partial charge in [0.05, 0.1) is 13.2 Å². The monoisotopic (exact) mass is 153 g/mol. The molecule has 2 heterocycles. The fraction of sp³-hybridized carbons (Fsp3) is 0.429. The average molecular weight is 153 g/mol. The van der Waals surface area contributed by atoms with E-state index in [0.717, 1.165) is 17.7 Å². The fourth-order valence-corrected chi connectivity index (χ4v) is 1.17. The van der Waals surface area contributed by atoms with Crippen LogP contribution in [0, 0.1) is 0 Å². The van der Waals surface area contributed by atoms with Gasteiger partial charge < -0.3 is 9.26 Å². The number of rotatable bonds is 1. The second kappa shape index (κ2) is 2.47. The Labute approximate surface area is 63.1 Å². The van der Waals surface area contributed by atoms with E-state index in [4.69, 9.17) is 9.26 Å². The van der Waals surface area contributed by atoms with E-state index < -0.39 is 0 Å². The number of aldehydes is 1. The third kappa shape index (κ3) is 0.952. The lowest BCUT2D eigenvalue weighted by atomic mass is 10.1. The van der Waals surface area contributed by atoms with E-state index in [9.17, 15) is 4.79 Å². The molecule has 0 saturated carbocycles. The number of carbonyl (C=O) groups is 1. The van der Waals surface area contributed by atoms with Gasteiger partial charge in [-0.15, -0.1) is 0 Å². The summed E-state index contributed by atoms with van der Waals surface area (Å²) < 4.78 is 9.88. The first-order valence-electron chi connectivity index (χ1n) is 3.42. The van der Waals surface area contributed by atoms with Gasteiger partial charge in [0.2, 0.25) is 5.76 Å². The Morgan fingerprint density at radius 3 is 3.27 bits per heavy atom. The molecular formula is C7H7NO3. The molecule has 0 amide bonds. The van der Waals surface area contributed by atoms with Gasteiger partial charge in [-0.05, 0) is 0 Å². The summed E-state index contributed by atoms with van der Waals surface area (Å²) in [6.07, 6.45) is 1.42. The van der Waals surface area contributed by atoms with Gasteiger partial charge in [-0.1, -0.05) is 5.16 Å².